The number of carboxylic acids is 1. The molecule has 0 rings (SSSR count). The lowest BCUT2D eigenvalue weighted by atomic mass is 10.1. The fraction of sp³-hybridized carbons (Fsp3) is 0.875. The first-order valence-corrected chi connectivity index (χ1v) is 5.47. The first-order valence-electron chi connectivity index (χ1n) is 4.09. The molecule has 5 heteroatoms. The zero-order valence-electron chi connectivity index (χ0n) is 8.15. The zero-order chi connectivity index (χ0) is 10.4. The molecule has 0 aliphatic heterocycles. The fourth-order valence-corrected chi connectivity index (χ4v) is 2.41. The molecule has 0 aliphatic rings. The van der Waals surface area contributed by atoms with Gasteiger partial charge >= 0.3 is 5.97 Å². The van der Waals surface area contributed by atoms with Gasteiger partial charge in [-0.15, -0.1) is 0 Å². The molecule has 0 saturated carbocycles. The van der Waals surface area contributed by atoms with E-state index in [-0.39, 0.29) is 11.7 Å². The van der Waals surface area contributed by atoms with Crippen molar-refractivity contribution in [1.29, 1.82) is 0 Å². The molecule has 1 N–H and O–H groups in total. The maximum absolute atomic E-state index is 11.4. The van der Waals surface area contributed by atoms with Gasteiger partial charge in [0.05, 0.1) is 6.61 Å². The normalized spacial score (nSPS) is 15.7. The minimum Gasteiger partial charge on any atom is -0.480 e. The Morgan fingerprint density at radius 3 is 2.38 bits per heavy atom. The van der Waals surface area contributed by atoms with E-state index >= 15 is 0 Å². The van der Waals surface area contributed by atoms with Gasteiger partial charge in [0, 0.05) is 23.7 Å². The maximum Gasteiger partial charge on any atom is 0.319 e. The smallest absolute Gasteiger partial charge is 0.319 e. The van der Waals surface area contributed by atoms with Crippen LogP contribution in [0.15, 0.2) is 0 Å². The average molecular weight is 208 g/mol. The molecular formula is C8H16O4S. The second-order valence-electron chi connectivity index (χ2n) is 3.08. The van der Waals surface area contributed by atoms with E-state index in [0.717, 1.165) is 0 Å². The SMILES string of the molecule is COCCS(=O)C(C(=O)O)C(C)C. The van der Waals surface area contributed by atoms with Gasteiger partial charge in [0.2, 0.25) is 0 Å². The maximum atomic E-state index is 11.4. The molecular weight excluding hydrogens is 192 g/mol. The molecule has 13 heavy (non-hydrogen) atoms. The highest BCUT2D eigenvalue weighted by atomic mass is 32.2. The quantitative estimate of drug-likeness (QED) is 0.690. The third-order valence-electron chi connectivity index (χ3n) is 1.62. The molecule has 0 aliphatic carbocycles. The van der Waals surface area contributed by atoms with Crippen LogP contribution in [0.25, 0.3) is 0 Å². The molecule has 0 aromatic rings. The number of aliphatic carboxylic acids is 1. The molecule has 0 saturated heterocycles. The molecule has 2 unspecified atom stereocenters. The Morgan fingerprint density at radius 1 is 1.54 bits per heavy atom. The summed E-state index contributed by atoms with van der Waals surface area (Å²) in [6.45, 7) is 3.84. The minimum atomic E-state index is -1.34. The average Bonchev–Trinajstić information content (AvgIpc) is 1.99. The summed E-state index contributed by atoms with van der Waals surface area (Å²) in [7, 11) is 0.160. The molecule has 78 valence electrons. The summed E-state index contributed by atoms with van der Waals surface area (Å²) in [6.07, 6.45) is 0. The van der Waals surface area contributed by atoms with Crippen LogP contribution < -0.4 is 0 Å². The molecule has 0 fully saturated rings. The van der Waals surface area contributed by atoms with Gasteiger partial charge < -0.3 is 9.84 Å². The summed E-state index contributed by atoms with van der Waals surface area (Å²) in [5.74, 6) is -0.828. The van der Waals surface area contributed by atoms with Crippen LogP contribution in [0, 0.1) is 5.92 Å². The van der Waals surface area contributed by atoms with E-state index in [1.54, 1.807) is 13.8 Å². The highest BCUT2D eigenvalue weighted by Crippen LogP contribution is 2.09. The van der Waals surface area contributed by atoms with Crippen LogP contribution in [-0.4, -0.2) is 40.0 Å². The van der Waals surface area contributed by atoms with Crippen molar-refractivity contribution in [3.05, 3.63) is 0 Å². The fourth-order valence-electron chi connectivity index (χ4n) is 0.994. The summed E-state index contributed by atoms with van der Waals surface area (Å²) < 4.78 is 16.2. The van der Waals surface area contributed by atoms with E-state index in [1.165, 1.54) is 7.11 Å². The second-order valence-corrected chi connectivity index (χ2v) is 4.76. The van der Waals surface area contributed by atoms with Crippen molar-refractivity contribution in [3.8, 4) is 0 Å². The van der Waals surface area contributed by atoms with Crippen molar-refractivity contribution in [2.75, 3.05) is 19.5 Å². The van der Waals surface area contributed by atoms with Gasteiger partial charge in [-0.1, -0.05) is 13.8 Å². The minimum absolute atomic E-state index is 0.116. The molecule has 0 bridgehead atoms. The zero-order valence-corrected chi connectivity index (χ0v) is 8.97. The Hall–Kier alpha value is -0.420. The first kappa shape index (κ1) is 12.6. The Kier molecular flexibility index (Phi) is 5.90. The Morgan fingerprint density at radius 2 is 2.08 bits per heavy atom. The van der Waals surface area contributed by atoms with Gasteiger partial charge in [0.25, 0.3) is 0 Å². The number of rotatable bonds is 6. The van der Waals surface area contributed by atoms with Gasteiger partial charge in [-0.05, 0) is 5.92 Å². The van der Waals surface area contributed by atoms with E-state index in [1.807, 2.05) is 0 Å². The molecule has 4 nitrogen and oxygen atoms in total. The van der Waals surface area contributed by atoms with Crippen LogP contribution in [0.1, 0.15) is 13.8 Å². The van der Waals surface area contributed by atoms with E-state index in [0.29, 0.717) is 6.61 Å². The van der Waals surface area contributed by atoms with E-state index in [2.05, 4.69) is 0 Å². The lowest BCUT2D eigenvalue weighted by molar-refractivity contribution is -0.137. The standard InChI is InChI=1S/C8H16O4S/c1-6(2)7(8(9)10)13(11)5-4-12-3/h6-7H,4-5H2,1-3H3,(H,9,10). The van der Waals surface area contributed by atoms with Crippen LogP contribution in [0.4, 0.5) is 0 Å². The van der Waals surface area contributed by atoms with Gasteiger partial charge in [-0.25, -0.2) is 0 Å². The number of hydrogen-bond donors (Lipinski definition) is 1. The van der Waals surface area contributed by atoms with Gasteiger partial charge in [0.15, 0.2) is 0 Å². The van der Waals surface area contributed by atoms with Crippen LogP contribution >= 0.6 is 0 Å². The van der Waals surface area contributed by atoms with Crippen LogP contribution in [-0.2, 0) is 20.3 Å². The third kappa shape index (κ3) is 4.38. The molecule has 0 heterocycles. The number of hydrogen-bond acceptors (Lipinski definition) is 3. The predicted octanol–water partition coefficient (Wildman–Crippen LogP) is 0.491. The third-order valence-corrected chi connectivity index (χ3v) is 3.50. The molecule has 0 aromatic carbocycles. The predicted molar refractivity (Wildman–Crippen MR) is 51.1 cm³/mol. The largest absolute Gasteiger partial charge is 0.480 e. The lowest BCUT2D eigenvalue weighted by Gasteiger charge is -2.15. The summed E-state index contributed by atoms with van der Waals surface area (Å²) >= 11 is 0. The van der Waals surface area contributed by atoms with E-state index < -0.39 is 22.0 Å². The second kappa shape index (κ2) is 6.10. The molecule has 0 spiro atoms. The number of ether oxygens (including phenoxy) is 1. The van der Waals surface area contributed by atoms with Crippen LogP contribution in [0.3, 0.4) is 0 Å². The number of methoxy groups -OCH3 is 1. The van der Waals surface area contributed by atoms with Crippen molar-refractivity contribution in [2.24, 2.45) is 5.92 Å². The number of carboxylic acid groups (broad SMARTS) is 1. The summed E-state index contributed by atoms with van der Waals surface area (Å²) in [4.78, 5) is 10.7. The monoisotopic (exact) mass is 208 g/mol. The molecule has 0 amide bonds. The highest BCUT2D eigenvalue weighted by Gasteiger charge is 2.27. The van der Waals surface area contributed by atoms with Crippen LogP contribution in [0.5, 0.6) is 0 Å². The van der Waals surface area contributed by atoms with Gasteiger partial charge in [-0.3, -0.25) is 9.00 Å². The molecule has 2 atom stereocenters. The number of carbonyl (C=O) groups is 1. The van der Waals surface area contributed by atoms with Crippen LogP contribution in [0.2, 0.25) is 0 Å². The molecule has 0 aromatic heterocycles. The van der Waals surface area contributed by atoms with E-state index in [9.17, 15) is 9.00 Å². The Labute approximate surface area is 80.7 Å². The summed E-state index contributed by atoms with van der Waals surface area (Å²) in [5.41, 5.74) is 0. The first-order chi connectivity index (χ1) is 6.00. The van der Waals surface area contributed by atoms with Crippen molar-refractivity contribution < 1.29 is 18.8 Å². The summed E-state index contributed by atoms with van der Waals surface area (Å²) in [6, 6.07) is 0. The Balaban J connectivity index is 4.21. The van der Waals surface area contributed by atoms with E-state index in [4.69, 9.17) is 9.84 Å². The molecule has 0 radical (unpaired) electrons. The topological polar surface area (TPSA) is 63.6 Å². The van der Waals surface area contributed by atoms with Gasteiger partial charge in [0.1, 0.15) is 5.25 Å². The van der Waals surface area contributed by atoms with Crippen molar-refractivity contribution in [3.63, 3.8) is 0 Å². The summed E-state index contributed by atoms with van der Waals surface area (Å²) in [5, 5.41) is 8.00. The highest BCUT2D eigenvalue weighted by molar-refractivity contribution is 7.86. The van der Waals surface area contributed by atoms with Crippen molar-refractivity contribution in [2.45, 2.75) is 19.1 Å². The van der Waals surface area contributed by atoms with Crippen molar-refractivity contribution >= 4 is 16.8 Å². The van der Waals surface area contributed by atoms with Gasteiger partial charge in [-0.2, -0.15) is 0 Å². The Bertz CT molecular complexity index is 191. The van der Waals surface area contributed by atoms with Crippen molar-refractivity contribution in [1.82, 2.24) is 0 Å². The lowest BCUT2D eigenvalue weighted by Crippen LogP contribution is -2.33.